The van der Waals surface area contributed by atoms with E-state index in [2.05, 4.69) is 10.3 Å². The second-order valence-corrected chi connectivity index (χ2v) is 12.2. The molecule has 180 valence electrons. The van der Waals surface area contributed by atoms with Crippen LogP contribution in [0.15, 0.2) is 65.6 Å². The summed E-state index contributed by atoms with van der Waals surface area (Å²) < 4.78 is 32.9. The Balaban J connectivity index is 1.29. The molecule has 10 heteroatoms. The molecule has 5 rings (SSSR count). The molecule has 1 amide bonds. The third kappa shape index (κ3) is 5.30. The lowest BCUT2D eigenvalue weighted by atomic mass is 9.91. The summed E-state index contributed by atoms with van der Waals surface area (Å²) in [7, 11) is -3.60. The minimum Gasteiger partial charge on any atom is -0.492 e. The van der Waals surface area contributed by atoms with Gasteiger partial charge >= 0.3 is 0 Å². The predicted molar refractivity (Wildman–Crippen MR) is 139 cm³/mol. The quantitative estimate of drug-likeness (QED) is 0.300. The molecule has 0 radical (unpaired) electrons. The van der Waals surface area contributed by atoms with E-state index in [1.807, 2.05) is 24.3 Å². The number of hydrogen-bond donors (Lipinski definition) is 1. The maximum atomic E-state index is 13.1. The molecule has 0 bridgehead atoms. The maximum absolute atomic E-state index is 13.1. The van der Waals surface area contributed by atoms with Gasteiger partial charge in [-0.2, -0.15) is 0 Å². The molecular weight excluding hydrogens is 527 g/mol. The van der Waals surface area contributed by atoms with Crippen molar-refractivity contribution in [2.45, 2.75) is 23.5 Å². The molecular formula is C25H20Cl2N2O4S2. The highest BCUT2D eigenvalue weighted by Gasteiger charge is 2.28. The molecule has 1 unspecified atom stereocenters. The van der Waals surface area contributed by atoms with E-state index in [0.29, 0.717) is 39.3 Å². The topological polar surface area (TPSA) is 85.4 Å². The van der Waals surface area contributed by atoms with Crippen molar-refractivity contribution in [2.24, 2.45) is 5.92 Å². The Labute approximate surface area is 216 Å². The van der Waals surface area contributed by atoms with Crippen LogP contribution in [0.1, 0.15) is 17.0 Å². The van der Waals surface area contributed by atoms with Crippen LogP contribution in [-0.2, 0) is 26.8 Å². The van der Waals surface area contributed by atoms with E-state index in [-0.39, 0.29) is 29.1 Å². The lowest BCUT2D eigenvalue weighted by molar-refractivity contribution is -0.120. The average Bonchev–Trinajstić information content (AvgIpc) is 3.22. The number of aromatic nitrogens is 1. The average molecular weight is 547 g/mol. The number of carbonyl (C=O) groups is 1. The van der Waals surface area contributed by atoms with Gasteiger partial charge in [-0.25, -0.2) is 13.4 Å². The molecule has 0 fully saturated rings. The zero-order valence-electron chi connectivity index (χ0n) is 18.3. The van der Waals surface area contributed by atoms with Gasteiger partial charge in [0.15, 0.2) is 9.84 Å². The monoisotopic (exact) mass is 546 g/mol. The van der Waals surface area contributed by atoms with Crippen molar-refractivity contribution >= 4 is 66.2 Å². The highest BCUT2D eigenvalue weighted by Crippen LogP contribution is 2.32. The highest BCUT2D eigenvalue weighted by atomic mass is 35.5. The largest absolute Gasteiger partial charge is 0.492 e. The van der Waals surface area contributed by atoms with Crippen LogP contribution < -0.4 is 10.1 Å². The minimum atomic E-state index is -3.60. The van der Waals surface area contributed by atoms with Gasteiger partial charge in [0.2, 0.25) is 5.91 Å². The third-order valence-corrected chi connectivity index (χ3v) is 9.18. The Morgan fingerprint density at radius 1 is 1.09 bits per heavy atom. The molecule has 4 aromatic rings. The summed E-state index contributed by atoms with van der Waals surface area (Å²) in [5, 5.41) is 4.34. The molecule has 1 aromatic heterocycles. The van der Waals surface area contributed by atoms with E-state index in [1.54, 1.807) is 30.3 Å². The summed E-state index contributed by atoms with van der Waals surface area (Å²) in [5.41, 5.74) is 2.21. The van der Waals surface area contributed by atoms with Crippen LogP contribution >= 0.6 is 34.5 Å². The van der Waals surface area contributed by atoms with Crippen LogP contribution in [0.3, 0.4) is 0 Å². The Kier molecular flexibility index (Phi) is 6.72. The second kappa shape index (κ2) is 9.78. The van der Waals surface area contributed by atoms with Gasteiger partial charge in [0.1, 0.15) is 16.5 Å². The Morgan fingerprint density at radius 3 is 2.71 bits per heavy atom. The molecule has 2 heterocycles. The Hall–Kier alpha value is -2.65. The van der Waals surface area contributed by atoms with Gasteiger partial charge in [0, 0.05) is 16.6 Å². The standard InChI is InChI=1S/C25H20Cl2N2O4S2/c26-17-5-8-22(19(27)13-17)33-10-9-15-11-16-12-18(6-7-20(16)29-25(15)30)35(31,32)14-24-28-21-3-1-2-4-23(21)34-24/h1-8,12-13,15H,9-11,14H2,(H,29,30). The number of amides is 1. The van der Waals surface area contributed by atoms with Crippen LogP contribution in [0.5, 0.6) is 5.75 Å². The molecule has 1 atom stereocenters. The number of halogens is 2. The van der Waals surface area contributed by atoms with Crippen molar-refractivity contribution in [1.29, 1.82) is 0 Å². The van der Waals surface area contributed by atoms with E-state index in [1.165, 1.54) is 17.4 Å². The molecule has 0 saturated carbocycles. The van der Waals surface area contributed by atoms with Crippen molar-refractivity contribution in [1.82, 2.24) is 4.98 Å². The minimum absolute atomic E-state index is 0.117. The summed E-state index contributed by atoms with van der Waals surface area (Å²) in [6.45, 7) is 0.282. The lowest BCUT2D eigenvalue weighted by Crippen LogP contribution is -2.31. The van der Waals surface area contributed by atoms with Crippen LogP contribution in [0.2, 0.25) is 10.0 Å². The number of ether oxygens (including phenoxy) is 1. The number of benzene rings is 3. The van der Waals surface area contributed by atoms with Crippen LogP contribution in [-0.4, -0.2) is 25.9 Å². The SMILES string of the molecule is O=C1Nc2ccc(S(=O)(=O)Cc3nc4ccccc4s3)cc2CC1CCOc1ccc(Cl)cc1Cl. The van der Waals surface area contributed by atoms with E-state index in [0.717, 1.165) is 15.8 Å². The number of sulfone groups is 1. The normalized spacial score (nSPS) is 15.6. The summed E-state index contributed by atoms with van der Waals surface area (Å²) >= 11 is 13.4. The van der Waals surface area contributed by atoms with Crippen LogP contribution in [0, 0.1) is 5.92 Å². The summed E-state index contributed by atoms with van der Waals surface area (Å²) in [5.74, 6) is -0.142. The van der Waals surface area contributed by atoms with Crippen molar-refractivity contribution in [2.75, 3.05) is 11.9 Å². The molecule has 3 aromatic carbocycles. The van der Waals surface area contributed by atoms with Gasteiger partial charge < -0.3 is 10.1 Å². The van der Waals surface area contributed by atoms with Crippen LogP contribution in [0.25, 0.3) is 10.2 Å². The summed E-state index contributed by atoms with van der Waals surface area (Å²) in [6.07, 6.45) is 0.871. The molecule has 6 nitrogen and oxygen atoms in total. The first-order valence-corrected chi connectivity index (χ1v) is 14.1. The smallest absolute Gasteiger partial charge is 0.227 e. The predicted octanol–water partition coefficient (Wildman–Crippen LogP) is 6.16. The molecule has 1 N–H and O–H groups in total. The van der Waals surface area contributed by atoms with Gasteiger partial charge in [-0.1, -0.05) is 35.3 Å². The van der Waals surface area contributed by atoms with E-state index >= 15 is 0 Å². The first-order chi connectivity index (χ1) is 16.8. The van der Waals surface area contributed by atoms with Gasteiger partial charge in [0.05, 0.1) is 26.7 Å². The van der Waals surface area contributed by atoms with Crippen LogP contribution in [0.4, 0.5) is 5.69 Å². The van der Waals surface area contributed by atoms with Crippen molar-refractivity contribution in [3.8, 4) is 5.75 Å². The lowest BCUT2D eigenvalue weighted by Gasteiger charge is -2.25. The van der Waals surface area contributed by atoms with Crippen molar-refractivity contribution in [3.63, 3.8) is 0 Å². The second-order valence-electron chi connectivity index (χ2n) is 8.26. The van der Waals surface area contributed by atoms with E-state index in [4.69, 9.17) is 27.9 Å². The molecule has 1 aliphatic heterocycles. The van der Waals surface area contributed by atoms with Gasteiger partial charge in [-0.05, 0) is 66.9 Å². The van der Waals surface area contributed by atoms with Gasteiger partial charge in [0.25, 0.3) is 0 Å². The number of para-hydroxylation sites is 1. The summed E-state index contributed by atoms with van der Waals surface area (Å²) in [6, 6.07) is 17.4. The van der Waals surface area contributed by atoms with Gasteiger partial charge in [-0.3, -0.25) is 4.79 Å². The Bertz CT molecular complexity index is 1500. The summed E-state index contributed by atoms with van der Waals surface area (Å²) in [4.78, 5) is 17.3. The Morgan fingerprint density at radius 2 is 1.91 bits per heavy atom. The third-order valence-electron chi connectivity index (χ3n) is 5.80. The molecule has 35 heavy (non-hydrogen) atoms. The zero-order valence-corrected chi connectivity index (χ0v) is 21.5. The first kappa shape index (κ1) is 24.1. The van der Waals surface area contributed by atoms with E-state index < -0.39 is 9.84 Å². The number of nitrogens with one attached hydrogen (secondary N) is 1. The number of carbonyl (C=O) groups excluding carboxylic acids is 1. The number of hydrogen-bond acceptors (Lipinski definition) is 6. The fourth-order valence-electron chi connectivity index (χ4n) is 4.01. The molecule has 1 aliphatic rings. The number of rotatable bonds is 7. The van der Waals surface area contributed by atoms with Crippen molar-refractivity contribution < 1.29 is 17.9 Å². The van der Waals surface area contributed by atoms with Gasteiger partial charge in [-0.15, -0.1) is 11.3 Å². The number of anilines is 1. The molecule has 0 saturated heterocycles. The number of nitrogens with zero attached hydrogens (tertiary/aromatic N) is 1. The van der Waals surface area contributed by atoms with E-state index in [9.17, 15) is 13.2 Å². The van der Waals surface area contributed by atoms with Crippen molar-refractivity contribution in [3.05, 3.63) is 81.3 Å². The molecule has 0 spiro atoms. The highest BCUT2D eigenvalue weighted by molar-refractivity contribution is 7.90. The zero-order chi connectivity index (χ0) is 24.6. The first-order valence-electron chi connectivity index (χ1n) is 10.9. The maximum Gasteiger partial charge on any atom is 0.227 e. The fraction of sp³-hybridized carbons (Fsp3) is 0.200. The molecule has 0 aliphatic carbocycles. The number of thiazole rings is 1. The number of fused-ring (bicyclic) bond motifs is 2. The fourth-order valence-corrected chi connectivity index (χ4v) is 7.09.